The van der Waals surface area contributed by atoms with Gasteiger partial charge in [0.05, 0.1) is 23.8 Å². The molecular formula is C21H17FN2O5S. The Bertz CT molecular complexity index is 1180. The fourth-order valence-electron chi connectivity index (χ4n) is 2.45. The summed E-state index contributed by atoms with van der Waals surface area (Å²) in [5.41, 5.74) is 0.547. The summed E-state index contributed by atoms with van der Waals surface area (Å²) in [5, 5.41) is 3.75. The quantitative estimate of drug-likeness (QED) is 0.270. The van der Waals surface area contributed by atoms with Crippen LogP contribution < -0.4 is 14.3 Å². The Morgan fingerprint density at radius 3 is 2.47 bits per heavy atom. The van der Waals surface area contributed by atoms with E-state index in [9.17, 15) is 17.6 Å². The van der Waals surface area contributed by atoms with E-state index in [0.29, 0.717) is 5.56 Å². The van der Waals surface area contributed by atoms with Crippen LogP contribution in [-0.2, 0) is 10.0 Å². The first-order valence-electron chi connectivity index (χ1n) is 8.65. The SMILES string of the molecule is COc1cc(/C=N/NS(=O)(=O)c2ccccc2)ccc1OC(=O)c1cccc(F)c1. The number of sulfonamides is 1. The molecule has 0 aromatic heterocycles. The number of ether oxygens (including phenoxy) is 2. The van der Waals surface area contributed by atoms with E-state index in [1.165, 1.54) is 55.8 Å². The van der Waals surface area contributed by atoms with Gasteiger partial charge in [0.1, 0.15) is 5.82 Å². The second kappa shape index (κ2) is 9.19. The van der Waals surface area contributed by atoms with Gasteiger partial charge in [-0.05, 0) is 54.1 Å². The Kier molecular flexibility index (Phi) is 6.43. The lowest BCUT2D eigenvalue weighted by molar-refractivity contribution is 0.0729. The van der Waals surface area contributed by atoms with E-state index in [1.54, 1.807) is 24.3 Å². The van der Waals surface area contributed by atoms with Crippen molar-refractivity contribution in [1.29, 1.82) is 0 Å². The molecule has 0 fully saturated rings. The topological polar surface area (TPSA) is 94.1 Å². The third-order valence-electron chi connectivity index (χ3n) is 3.89. The summed E-state index contributed by atoms with van der Waals surface area (Å²) in [7, 11) is -2.40. The summed E-state index contributed by atoms with van der Waals surface area (Å²) in [6.45, 7) is 0. The number of hydrogen-bond donors (Lipinski definition) is 1. The minimum atomic E-state index is -3.78. The van der Waals surface area contributed by atoms with Crippen molar-refractivity contribution in [3.8, 4) is 11.5 Å². The first kappa shape index (κ1) is 21.0. The summed E-state index contributed by atoms with van der Waals surface area (Å²) < 4.78 is 48.0. The molecule has 1 N–H and O–H groups in total. The molecule has 0 heterocycles. The monoisotopic (exact) mass is 428 g/mol. The summed E-state index contributed by atoms with van der Waals surface area (Å²) in [6, 6.07) is 17.4. The van der Waals surface area contributed by atoms with Crippen LogP contribution in [0.1, 0.15) is 15.9 Å². The maximum absolute atomic E-state index is 13.3. The molecule has 3 aromatic carbocycles. The maximum atomic E-state index is 13.3. The second-order valence-electron chi connectivity index (χ2n) is 5.98. The van der Waals surface area contributed by atoms with Gasteiger partial charge in [-0.2, -0.15) is 13.5 Å². The van der Waals surface area contributed by atoms with Gasteiger partial charge in [-0.1, -0.05) is 24.3 Å². The summed E-state index contributed by atoms with van der Waals surface area (Å²) in [5.74, 6) is -0.964. The third-order valence-corrected chi connectivity index (χ3v) is 5.13. The minimum absolute atomic E-state index is 0.0537. The molecule has 0 atom stereocenters. The van der Waals surface area contributed by atoms with Crippen molar-refractivity contribution in [1.82, 2.24) is 4.83 Å². The Labute approximate surface area is 172 Å². The largest absolute Gasteiger partial charge is 0.493 e. The van der Waals surface area contributed by atoms with Gasteiger partial charge < -0.3 is 9.47 Å². The molecule has 0 spiro atoms. The van der Waals surface area contributed by atoms with Crippen molar-refractivity contribution in [2.75, 3.05) is 7.11 Å². The summed E-state index contributed by atoms with van der Waals surface area (Å²) in [4.78, 5) is 14.4. The number of nitrogens with zero attached hydrogens (tertiary/aromatic N) is 1. The second-order valence-corrected chi connectivity index (χ2v) is 7.64. The Hall–Kier alpha value is -3.72. The fraction of sp³-hybridized carbons (Fsp3) is 0.0476. The van der Waals surface area contributed by atoms with Crippen LogP contribution in [0.2, 0.25) is 0 Å². The van der Waals surface area contributed by atoms with Crippen LogP contribution in [-0.4, -0.2) is 27.7 Å². The minimum Gasteiger partial charge on any atom is -0.493 e. The molecule has 0 aliphatic heterocycles. The Morgan fingerprint density at radius 1 is 1.00 bits per heavy atom. The molecule has 154 valence electrons. The lowest BCUT2D eigenvalue weighted by Crippen LogP contribution is -2.18. The lowest BCUT2D eigenvalue weighted by atomic mass is 10.2. The zero-order chi connectivity index (χ0) is 21.6. The number of benzene rings is 3. The standard InChI is InChI=1S/C21H17FN2O5S/c1-28-20-12-15(14-23-24-30(26,27)18-8-3-2-4-9-18)10-11-19(20)29-21(25)16-6-5-7-17(22)13-16/h2-14,24H,1H3/b23-14+. The lowest BCUT2D eigenvalue weighted by Gasteiger charge is -2.10. The van der Waals surface area contributed by atoms with Crippen molar-refractivity contribution >= 4 is 22.2 Å². The highest BCUT2D eigenvalue weighted by molar-refractivity contribution is 7.89. The molecule has 0 saturated heterocycles. The highest BCUT2D eigenvalue weighted by Gasteiger charge is 2.14. The summed E-state index contributed by atoms with van der Waals surface area (Å²) in [6.07, 6.45) is 1.28. The molecule has 0 unspecified atom stereocenters. The van der Waals surface area contributed by atoms with Crippen LogP contribution in [0.4, 0.5) is 4.39 Å². The Morgan fingerprint density at radius 2 is 1.77 bits per heavy atom. The number of nitrogens with one attached hydrogen (secondary N) is 1. The Balaban J connectivity index is 1.72. The zero-order valence-electron chi connectivity index (χ0n) is 15.8. The first-order valence-corrected chi connectivity index (χ1v) is 10.1. The van der Waals surface area contributed by atoms with Crippen molar-refractivity contribution in [3.05, 3.63) is 89.7 Å². The molecule has 0 radical (unpaired) electrons. The normalized spacial score (nSPS) is 11.3. The van der Waals surface area contributed by atoms with Gasteiger partial charge in [-0.3, -0.25) is 0 Å². The maximum Gasteiger partial charge on any atom is 0.343 e. The van der Waals surface area contributed by atoms with E-state index >= 15 is 0 Å². The average Bonchev–Trinajstić information content (AvgIpc) is 2.75. The number of rotatable bonds is 7. The van der Waals surface area contributed by atoms with E-state index < -0.39 is 21.8 Å². The molecule has 3 aromatic rings. The molecule has 0 aliphatic carbocycles. The van der Waals surface area contributed by atoms with E-state index in [4.69, 9.17) is 9.47 Å². The molecule has 0 saturated carbocycles. The van der Waals surface area contributed by atoms with Gasteiger partial charge in [0, 0.05) is 0 Å². The average molecular weight is 428 g/mol. The number of esters is 1. The van der Waals surface area contributed by atoms with E-state index in [2.05, 4.69) is 9.93 Å². The van der Waals surface area contributed by atoms with Crippen LogP contribution >= 0.6 is 0 Å². The molecular weight excluding hydrogens is 411 g/mol. The fourth-order valence-corrected chi connectivity index (χ4v) is 3.26. The van der Waals surface area contributed by atoms with Gasteiger partial charge >= 0.3 is 5.97 Å². The molecule has 7 nitrogen and oxygen atoms in total. The van der Waals surface area contributed by atoms with Gasteiger partial charge in [0.25, 0.3) is 10.0 Å². The van der Waals surface area contributed by atoms with Crippen LogP contribution in [0.3, 0.4) is 0 Å². The highest BCUT2D eigenvalue weighted by Crippen LogP contribution is 2.28. The van der Waals surface area contributed by atoms with Crippen LogP contribution in [0.5, 0.6) is 11.5 Å². The van der Waals surface area contributed by atoms with Crippen LogP contribution in [0.15, 0.2) is 82.8 Å². The molecule has 3 rings (SSSR count). The third kappa shape index (κ3) is 5.21. The van der Waals surface area contributed by atoms with E-state index in [1.807, 2.05) is 0 Å². The number of carbonyl (C=O) groups is 1. The van der Waals surface area contributed by atoms with Crippen LogP contribution in [0, 0.1) is 5.82 Å². The van der Waals surface area contributed by atoms with Gasteiger partial charge in [0.2, 0.25) is 0 Å². The van der Waals surface area contributed by atoms with Crippen LogP contribution in [0.25, 0.3) is 0 Å². The van der Waals surface area contributed by atoms with E-state index in [-0.39, 0.29) is 22.0 Å². The van der Waals surface area contributed by atoms with Gasteiger partial charge in [-0.25, -0.2) is 14.0 Å². The predicted molar refractivity (Wildman–Crippen MR) is 109 cm³/mol. The van der Waals surface area contributed by atoms with Crippen molar-refractivity contribution in [2.45, 2.75) is 4.90 Å². The molecule has 0 amide bonds. The number of carbonyl (C=O) groups excluding carboxylic acids is 1. The van der Waals surface area contributed by atoms with Gasteiger partial charge in [-0.15, -0.1) is 0 Å². The highest BCUT2D eigenvalue weighted by atomic mass is 32.2. The number of hydrogen-bond acceptors (Lipinski definition) is 6. The first-order chi connectivity index (χ1) is 14.4. The van der Waals surface area contributed by atoms with Crippen molar-refractivity contribution < 1.29 is 27.1 Å². The molecule has 9 heteroatoms. The molecule has 0 aliphatic rings. The van der Waals surface area contributed by atoms with Crippen molar-refractivity contribution in [3.63, 3.8) is 0 Å². The molecule has 30 heavy (non-hydrogen) atoms. The summed E-state index contributed by atoms with van der Waals surface area (Å²) >= 11 is 0. The smallest absolute Gasteiger partial charge is 0.343 e. The number of halogens is 1. The zero-order valence-corrected chi connectivity index (χ0v) is 16.6. The number of hydrazone groups is 1. The van der Waals surface area contributed by atoms with Crippen molar-refractivity contribution in [2.24, 2.45) is 5.10 Å². The number of methoxy groups -OCH3 is 1. The molecule has 0 bridgehead atoms. The predicted octanol–water partition coefficient (Wildman–Crippen LogP) is 3.37. The van der Waals surface area contributed by atoms with Gasteiger partial charge in [0.15, 0.2) is 11.5 Å². The van der Waals surface area contributed by atoms with E-state index in [0.717, 1.165) is 6.07 Å².